The predicted molar refractivity (Wildman–Crippen MR) is 69.5 cm³/mol. The van der Waals surface area contributed by atoms with Gasteiger partial charge in [0.1, 0.15) is 6.10 Å². The number of benzene rings is 1. The number of aromatic nitrogens is 1. The van der Waals surface area contributed by atoms with Crippen LogP contribution in [0.15, 0.2) is 53.3 Å². The van der Waals surface area contributed by atoms with Crippen LogP contribution < -0.4 is 0 Å². The van der Waals surface area contributed by atoms with Gasteiger partial charge in [-0.2, -0.15) is 0 Å². The smallest absolute Gasteiger partial charge is 0.199 e. The summed E-state index contributed by atoms with van der Waals surface area (Å²) in [6.45, 7) is 0. The second-order valence-electron chi connectivity index (χ2n) is 4.01. The lowest BCUT2D eigenvalue weighted by atomic mass is 10.0. The molecule has 0 spiro atoms. The number of pyridine rings is 1. The molecule has 0 aliphatic rings. The molecule has 18 heavy (non-hydrogen) atoms. The van der Waals surface area contributed by atoms with Crippen LogP contribution in [0.5, 0.6) is 0 Å². The summed E-state index contributed by atoms with van der Waals surface area (Å²) >= 11 is 5.86. The van der Waals surface area contributed by atoms with Gasteiger partial charge in [0.05, 0.1) is 11.8 Å². The highest BCUT2D eigenvalue weighted by molar-refractivity contribution is 6.29. The van der Waals surface area contributed by atoms with Crippen LogP contribution in [0, 0.1) is 0 Å². The molecule has 0 amide bonds. The summed E-state index contributed by atoms with van der Waals surface area (Å²) in [7, 11) is 0. The van der Waals surface area contributed by atoms with Gasteiger partial charge in [0.2, 0.25) is 0 Å². The normalized spacial score (nSPS) is 12.8. The van der Waals surface area contributed by atoms with Gasteiger partial charge in [-0.3, -0.25) is 4.98 Å². The highest BCUT2D eigenvalue weighted by atomic mass is 35.5. The van der Waals surface area contributed by atoms with Crippen molar-refractivity contribution in [2.24, 2.45) is 0 Å². The van der Waals surface area contributed by atoms with E-state index in [2.05, 4.69) is 4.98 Å². The molecule has 3 rings (SSSR count). The van der Waals surface area contributed by atoms with Crippen molar-refractivity contribution in [2.45, 2.75) is 6.10 Å². The third-order valence-corrected chi connectivity index (χ3v) is 3.19. The Balaban J connectivity index is 2.07. The van der Waals surface area contributed by atoms with E-state index in [1.165, 1.54) is 6.26 Å². The van der Waals surface area contributed by atoms with Crippen molar-refractivity contribution in [3.05, 3.63) is 65.2 Å². The van der Waals surface area contributed by atoms with Crippen LogP contribution in [-0.4, -0.2) is 10.1 Å². The van der Waals surface area contributed by atoms with E-state index in [1.54, 1.807) is 12.3 Å². The Kier molecular flexibility index (Phi) is 2.78. The molecular formula is C14H10ClNO2. The third-order valence-electron chi connectivity index (χ3n) is 2.89. The Bertz CT molecular complexity index is 693. The monoisotopic (exact) mass is 259 g/mol. The molecule has 1 unspecified atom stereocenters. The summed E-state index contributed by atoms with van der Waals surface area (Å²) in [5.41, 5.74) is 2.14. The van der Waals surface area contributed by atoms with Crippen LogP contribution in [0.4, 0.5) is 0 Å². The molecule has 3 aromatic rings. The van der Waals surface area contributed by atoms with Crippen LogP contribution in [0.25, 0.3) is 10.9 Å². The molecule has 0 saturated heterocycles. The fraction of sp³-hybridized carbons (Fsp3) is 0.0714. The summed E-state index contributed by atoms with van der Waals surface area (Å²) in [4.78, 5) is 4.26. The van der Waals surface area contributed by atoms with E-state index < -0.39 is 6.10 Å². The average Bonchev–Trinajstić information content (AvgIpc) is 2.83. The molecule has 1 atom stereocenters. The maximum absolute atomic E-state index is 10.2. The molecule has 0 aliphatic carbocycles. The highest BCUT2D eigenvalue weighted by Crippen LogP contribution is 2.30. The minimum absolute atomic E-state index is 0.212. The lowest BCUT2D eigenvalue weighted by Crippen LogP contribution is -1.98. The average molecular weight is 260 g/mol. The number of nitrogens with zero attached hydrogens (tertiary/aromatic N) is 1. The van der Waals surface area contributed by atoms with E-state index in [0.717, 1.165) is 16.5 Å². The molecule has 2 heterocycles. The van der Waals surface area contributed by atoms with Gasteiger partial charge >= 0.3 is 0 Å². The van der Waals surface area contributed by atoms with Crippen LogP contribution >= 0.6 is 11.6 Å². The maximum Gasteiger partial charge on any atom is 0.199 e. The molecule has 90 valence electrons. The number of hydrogen-bond acceptors (Lipinski definition) is 3. The highest BCUT2D eigenvalue weighted by Gasteiger charge is 2.16. The Labute approximate surface area is 109 Å². The fourth-order valence-corrected chi connectivity index (χ4v) is 2.15. The van der Waals surface area contributed by atoms with Gasteiger partial charge < -0.3 is 9.52 Å². The molecule has 1 N–H and O–H groups in total. The molecule has 0 fully saturated rings. The van der Waals surface area contributed by atoms with Gasteiger partial charge in [-0.05, 0) is 35.4 Å². The Morgan fingerprint density at radius 2 is 2.11 bits per heavy atom. The quantitative estimate of drug-likeness (QED) is 0.765. The SMILES string of the molecule is OC(c1ccc2cccnc2c1)c1ccoc1Cl. The van der Waals surface area contributed by atoms with Gasteiger partial charge in [-0.15, -0.1) is 0 Å². The standard InChI is InChI=1S/C14H10ClNO2/c15-14-11(5-7-18-14)13(17)10-4-3-9-2-1-6-16-12(9)8-10/h1-8,13,17H. The molecule has 0 saturated carbocycles. The van der Waals surface area contributed by atoms with Crippen molar-refractivity contribution in [3.8, 4) is 0 Å². The predicted octanol–water partition coefficient (Wildman–Crippen LogP) is 3.56. The zero-order valence-corrected chi connectivity index (χ0v) is 10.1. The van der Waals surface area contributed by atoms with Gasteiger partial charge in [0.25, 0.3) is 0 Å². The topological polar surface area (TPSA) is 46.3 Å². The fourth-order valence-electron chi connectivity index (χ4n) is 1.93. The number of hydrogen-bond donors (Lipinski definition) is 1. The molecule has 3 nitrogen and oxygen atoms in total. The van der Waals surface area contributed by atoms with Gasteiger partial charge in [0, 0.05) is 17.1 Å². The summed E-state index contributed by atoms with van der Waals surface area (Å²) in [5, 5.41) is 11.5. The van der Waals surface area contributed by atoms with Gasteiger partial charge in [0.15, 0.2) is 5.22 Å². The molecule has 0 radical (unpaired) electrons. The lowest BCUT2D eigenvalue weighted by molar-refractivity contribution is 0.219. The van der Waals surface area contributed by atoms with Crippen LogP contribution in [0.1, 0.15) is 17.2 Å². The van der Waals surface area contributed by atoms with Crippen molar-refractivity contribution < 1.29 is 9.52 Å². The van der Waals surface area contributed by atoms with E-state index in [9.17, 15) is 5.11 Å². The van der Waals surface area contributed by atoms with Crippen molar-refractivity contribution >= 4 is 22.5 Å². The number of rotatable bonds is 2. The molecular weight excluding hydrogens is 250 g/mol. The van der Waals surface area contributed by atoms with Gasteiger partial charge in [-0.25, -0.2) is 0 Å². The molecule has 0 bridgehead atoms. The Morgan fingerprint density at radius 3 is 2.89 bits per heavy atom. The van der Waals surface area contributed by atoms with Crippen LogP contribution in [0.2, 0.25) is 5.22 Å². The first-order valence-electron chi connectivity index (χ1n) is 5.51. The van der Waals surface area contributed by atoms with Crippen molar-refractivity contribution in [2.75, 3.05) is 0 Å². The number of halogens is 1. The van der Waals surface area contributed by atoms with Crippen LogP contribution in [-0.2, 0) is 0 Å². The molecule has 1 aromatic carbocycles. The van der Waals surface area contributed by atoms with E-state index in [1.807, 2.05) is 30.3 Å². The van der Waals surface area contributed by atoms with E-state index >= 15 is 0 Å². The minimum atomic E-state index is -0.803. The molecule has 4 heteroatoms. The Morgan fingerprint density at radius 1 is 1.22 bits per heavy atom. The summed E-state index contributed by atoms with van der Waals surface area (Å²) in [5.74, 6) is 0. The van der Waals surface area contributed by atoms with E-state index in [-0.39, 0.29) is 5.22 Å². The summed E-state index contributed by atoms with van der Waals surface area (Å²) in [6.07, 6.45) is 2.38. The third kappa shape index (κ3) is 1.88. The van der Waals surface area contributed by atoms with Crippen molar-refractivity contribution in [1.29, 1.82) is 0 Å². The zero-order chi connectivity index (χ0) is 12.5. The molecule has 2 aromatic heterocycles. The van der Waals surface area contributed by atoms with E-state index in [4.69, 9.17) is 16.0 Å². The van der Waals surface area contributed by atoms with Crippen molar-refractivity contribution in [1.82, 2.24) is 4.98 Å². The largest absolute Gasteiger partial charge is 0.453 e. The van der Waals surface area contributed by atoms with Crippen molar-refractivity contribution in [3.63, 3.8) is 0 Å². The minimum Gasteiger partial charge on any atom is -0.453 e. The van der Waals surface area contributed by atoms with Crippen LogP contribution in [0.3, 0.4) is 0 Å². The second-order valence-corrected chi connectivity index (χ2v) is 4.35. The number of furan rings is 1. The van der Waals surface area contributed by atoms with E-state index in [0.29, 0.717) is 5.56 Å². The molecule has 0 aliphatic heterocycles. The Hall–Kier alpha value is -1.84. The lowest BCUT2D eigenvalue weighted by Gasteiger charge is -2.10. The number of aliphatic hydroxyl groups excluding tert-OH is 1. The number of fused-ring (bicyclic) bond motifs is 1. The first kappa shape index (κ1) is 11.3. The second kappa shape index (κ2) is 4.44. The first-order valence-corrected chi connectivity index (χ1v) is 5.89. The first-order chi connectivity index (χ1) is 8.75. The number of aliphatic hydroxyl groups is 1. The summed E-state index contributed by atoms with van der Waals surface area (Å²) < 4.78 is 4.98. The maximum atomic E-state index is 10.2. The zero-order valence-electron chi connectivity index (χ0n) is 9.38. The van der Waals surface area contributed by atoms with Gasteiger partial charge in [-0.1, -0.05) is 18.2 Å². The summed E-state index contributed by atoms with van der Waals surface area (Å²) in [6, 6.07) is 11.2.